The molecule has 0 atom stereocenters. The maximum atomic E-state index is 13.3. The summed E-state index contributed by atoms with van der Waals surface area (Å²) in [4.78, 5) is 33.1. The van der Waals surface area contributed by atoms with Crippen molar-refractivity contribution in [3.8, 4) is 5.75 Å². The summed E-state index contributed by atoms with van der Waals surface area (Å²) in [6.07, 6.45) is 3.30. The third-order valence-electron chi connectivity index (χ3n) is 4.60. The number of carbonyl (C=O) groups excluding carboxylic acids is 2. The molecule has 150 valence electrons. The van der Waals surface area contributed by atoms with Crippen LogP contribution in [0.25, 0.3) is 5.57 Å². The molecule has 0 aliphatic carbocycles. The number of nitrogens with zero attached hydrogens (tertiary/aromatic N) is 2. The first-order valence-electron chi connectivity index (χ1n) is 9.14. The lowest BCUT2D eigenvalue weighted by molar-refractivity contribution is -0.137. The summed E-state index contributed by atoms with van der Waals surface area (Å²) >= 11 is 7.24. The Bertz CT molecular complexity index is 1110. The van der Waals surface area contributed by atoms with Crippen LogP contribution in [0.15, 0.2) is 82.9 Å². The van der Waals surface area contributed by atoms with Gasteiger partial charge in [0.2, 0.25) is 0 Å². The average Bonchev–Trinajstić information content (AvgIpc) is 3.00. The van der Waals surface area contributed by atoms with Crippen molar-refractivity contribution in [2.75, 3.05) is 7.11 Å². The van der Waals surface area contributed by atoms with Crippen LogP contribution in [-0.4, -0.2) is 28.8 Å². The van der Waals surface area contributed by atoms with Gasteiger partial charge in [0, 0.05) is 22.3 Å². The normalized spacial score (nSPS) is 13.9. The van der Waals surface area contributed by atoms with Crippen molar-refractivity contribution in [2.24, 2.45) is 0 Å². The van der Waals surface area contributed by atoms with E-state index in [2.05, 4.69) is 4.98 Å². The Hall–Kier alpha value is -3.09. The van der Waals surface area contributed by atoms with Crippen LogP contribution in [0.2, 0.25) is 5.02 Å². The van der Waals surface area contributed by atoms with E-state index >= 15 is 0 Å². The molecule has 5 nitrogen and oxygen atoms in total. The van der Waals surface area contributed by atoms with Crippen LogP contribution < -0.4 is 4.74 Å². The van der Waals surface area contributed by atoms with Gasteiger partial charge in [-0.2, -0.15) is 0 Å². The van der Waals surface area contributed by atoms with E-state index < -0.39 is 0 Å². The Morgan fingerprint density at radius 3 is 2.37 bits per heavy atom. The molecule has 1 aliphatic rings. The highest BCUT2D eigenvalue weighted by molar-refractivity contribution is 8.04. The molecule has 0 radical (unpaired) electrons. The average molecular weight is 437 g/mol. The van der Waals surface area contributed by atoms with Crippen LogP contribution in [0.4, 0.5) is 0 Å². The largest absolute Gasteiger partial charge is 0.497 e. The molecule has 0 spiro atoms. The Morgan fingerprint density at radius 1 is 1.00 bits per heavy atom. The van der Waals surface area contributed by atoms with Gasteiger partial charge >= 0.3 is 0 Å². The third-order valence-corrected chi connectivity index (χ3v) is 5.94. The number of rotatable bonds is 6. The summed E-state index contributed by atoms with van der Waals surface area (Å²) < 4.78 is 5.21. The zero-order valence-electron chi connectivity index (χ0n) is 16.0. The Balaban J connectivity index is 1.73. The first-order chi connectivity index (χ1) is 14.6. The van der Waals surface area contributed by atoms with Gasteiger partial charge in [-0.05, 0) is 53.6 Å². The quantitative estimate of drug-likeness (QED) is 0.518. The first-order valence-corrected chi connectivity index (χ1v) is 10.3. The highest BCUT2D eigenvalue weighted by Gasteiger charge is 2.39. The lowest BCUT2D eigenvalue weighted by atomic mass is 10.1. The molecule has 7 heteroatoms. The number of ether oxygens (including phenoxy) is 1. The summed E-state index contributed by atoms with van der Waals surface area (Å²) in [6.45, 7) is 0.163. The predicted octanol–water partition coefficient (Wildman–Crippen LogP) is 4.82. The summed E-state index contributed by atoms with van der Waals surface area (Å²) in [7, 11) is 1.58. The van der Waals surface area contributed by atoms with E-state index in [1.807, 2.05) is 18.2 Å². The fourth-order valence-corrected chi connectivity index (χ4v) is 4.24. The minimum absolute atomic E-state index is 0.163. The van der Waals surface area contributed by atoms with Crippen LogP contribution in [0.5, 0.6) is 5.75 Å². The Morgan fingerprint density at radius 2 is 1.73 bits per heavy atom. The van der Waals surface area contributed by atoms with E-state index in [-0.39, 0.29) is 18.4 Å². The maximum absolute atomic E-state index is 13.3. The second kappa shape index (κ2) is 8.73. The van der Waals surface area contributed by atoms with E-state index in [4.69, 9.17) is 16.3 Å². The number of imide groups is 1. The lowest BCUT2D eigenvalue weighted by Crippen LogP contribution is -2.30. The molecular weight excluding hydrogens is 420 g/mol. The molecule has 0 saturated heterocycles. The number of carbonyl (C=O) groups is 2. The van der Waals surface area contributed by atoms with Gasteiger partial charge in [0.15, 0.2) is 0 Å². The molecule has 3 aromatic rings. The number of methoxy groups -OCH3 is 1. The number of aromatic nitrogens is 1. The zero-order chi connectivity index (χ0) is 21.1. The summed E-state index contributed by atoms with van der Waals surface area (Å²) in [5, 5.41) is 0.607. The highest BCUT2D eigenvalue weighted by atomic mass is 35.5. The van der Waals surface area contributed by atoms with Crippen LogP contribution in [0, 0.1) is 0 Å². The highest BCUT2D eigenvalue weighted by Crippen LogP contribution is 2.40. The van der Waals surface area contributed by atoms with Crippen LogP contribution in [0.3, 0.4) is 0 Å². The molecular formula is C23H17ClN2O3S. The number of hydrogen-bond donors (Lipinski definition) is 0. The summed E-state index contributed by atoms with van der Waals surface area (Å²) in [6, 6.07) is 17.9. The Kier molecular flexibility index (Phi) is 5.88. The second-order valence-corrected chi connectivity index (χ2v) is 8.07. The van der Waals surface area contributed by atoms with Crippen molar-refractivity contribution in [3.05, 3.63) is 94.1 Å². The number of benzene rings is 2. The Labute approximate surface area is 183 Å². The van der Waals surface area contributed by atoms with E-state index in [9.17, 15) is 9.59 Å². The van der Waals surface area contributed by atoms with E-state index in [1.54, 1.807) is 62.0 Å². The summed E-state index contributed by atoms with van der Waals surface area (Å²) in [5.74, 6) is 0.0235. The molecule has 1 aliphatic heterocycles. The number of thioether (sulfide) groups is 1. The minimum atomic E-state index is -0.328. The van der Waals surface area contributed by atoms with Crippen molar-refractivity contribution in [3.63, 3.8) is 0 Å². The van der Waals surface area contributed by atoms with Crippen molar-refractivity contribution in [1.82, 2.24) is 9.88 Å². The van der Waals surface area contributed by atoms with Gasteiger partial charge in [0.25, 0.3) is 11.8 Å². The van der Waals surface area contributed by atoms with Gasteiger partial charge in [-0.15, -0.1) is 0 Å². The smallest absolute Gasteiger partial charge is 0.268 e. The number of hydrogen-bond acceptors (Lipinski definition) is 5. The molecule has 30 heavy (non-hydrogen) atoms. The van der Waals surface area contributed by atoms with E-state index in [1.165, 1.54) is 16.7 Å². The van der Waals surface area contributed by atoms with E-state index in [0.717, 1.165) is 10.5 Å². The molecule has 2 amide bonds. The van der Waals surface area contributed by atoms with Crippen LogP contribution in [0.1, 0.15) is 11.1 Å². The van der Waals surface area contributed by atoms with Crippen LogP contribution >= 0.6 is 23.4 Å². The lowest BCUT2D eigenvalue weighted by Gasteiger charge is -2.15. The van der Waals surface area contributed by atoms with Crippen molar-refractivity contribution < 1.29 is 14.3 Å². The van der Waals surface area contributed by atoms with Crippen molar-refractivity contribution >= 4 is 40.8 Å². The van der Waals surface area contributed by atoms with Gasteiger partial charge in [-0.25, -0.2) is 0 Å². The fraction of sp³-hybridized carbons (Fsp3) is 0.0870. The van der Waals surface area contributed by atoms with Crippen molar-refractivity contribution in [1.29, 1.82) is 0 Å². The SMILES string of the molecule is COc1ccc(C2=C(Sc3ccc(Cl)cc3)C(=O)N(Cc3cccnc3)C2=O)cc1. The monoisotopic (exact) mass is 436 g/mol. The standard InChI is InChI=1S/C23H17ClN2O3S/c1-29-18-8-4-16(5-9-18)20-21(30-19-10-6-17(24)7-11-19)23(28)26(22(20)27)14-15-3-2-12-25-13-15/h2-13H,14H2,1H3. The van der Waals surface area contributed by atoms with Gasteiger partial charge in [0.1, 0.15) is 5.75 Å². The second-order valence-electron chi connectivity index (χ2n) is 6.55. The number of pyridine rings is 1. The molecule has 0 saturated carbocycles. The van der Waals surface area contributed by atoms with Gasteiger partial charge < -0.3 is 4.74 Å². The molecule has 1 aromatic heterocycles. The predicted molar refractivity (Wildman–Crippen MR) is 117 cm³/mol. The topological polar surface area (TPSA) is 59.5 Å². The molecule has 0 unspecified atom stereocenters. The molecule has 2 aromatic carbocycles. The molecule has 0 N–H and O–H groups in total. The molecule has 2 heterocycles. The number of halogens is 1. The van der Waals surface area contributed by atoms with Gasteiger partial charge in [-0.3, -0.25) is 19.5 Å². The molecule has 0 bridgehead atoms. The fourth-order valence-electron chi connectivity index (χ4n) is 3.10. The third kappa shape index (κ3) is 4.10. The van der Waals surface area contributed by atoms with Crippen molar-refractivity contribution in [2.45, 2.75) is 11.4 Å². The zero-order valence-corrected chi connectivity index (χ0v) is 17.6. The molecule has 4 rings (SSSR count). The van der Waals surface area contributed by atoms with Crippen LogP contribution in [-0.2, 0) is 16.1 Å². The maximum Gasteiger partial charge on any atom is 0.268 e. The number of amides is 2. The summed E-state index contributed by atoms with van der Waals surface area (Å²) in [5.41, 5.74) is 1.83. The van der Waals surface area contributed by atoms with E-state index in [0.29, 0.717) is 26.8 Å². The minimum Gasteiger partial charge on any atom is -0.497 e. The molecule has 0 fully saturated rings. The first kappa shape index (κ1) is 20.2. The van der Waals surface area contributed by atoms with Gasteiger partial charge in [-0.1, -0.05) is 41.6 Å². The van der Waals surface area contributed by atoms with Gasteiger partial charge in [0.05, 0.1) is 24.1 Å².